The Labute approximate surface area is 132 Å². The van der Waals surface area contributed by atoms with Gasteiger partial charge in [-0.25, -0.2) is 9.59 Å². The van der Waals surface area contributed by atoms with Crippen LogP contribution >= 0.6 is 0 Å². The van der Waals surface area contributed by atoms with E-state index in [4.69, 9.17) is 14.2 Å². The number of carbonyl (C=O) groups is 2. The SMILES string of the molecule is CN1C(=O)OCC12OC[C@H](NC(=O)OCc1ccccc1)[C@H]2O. The highest BCUT2D eigenvalue weighted by molar-refractivity contribution is 5.71. The minimum atomic E-state index is -1.26. The van der Waals surface area contributed by atoms with Gasteiger partial charge in [0.25, 0.3) is 0 Å². The molecule has 8 heteroatoms. The second-order valence-electron chi connectivity index (χ2n) is 5.53. The summed E-state index contributed by atoms with van der Waals surface area (Å²) < 4.78 is 15.5. The van der Waals surface area contributed by atoms with E-state index in [0.717, 1.165) is 5.56 Å². The van der Waals surface area contributed by atoms with Gasteiger partial charge in [-0.1, -0.05) is 30.3 Å². The van der Waals surface area contributed by atoms with Gasteiger partial charge >= 0.3 is 12.2 Å². The van der Waals surface area contributed by atoms with Crippen molar-refractivity contribution in [2.75, 3.05) is 20.3 Å². The number of cyclic esters (lactones) is 1. The van der Waals surface area contributed by atoms with E-state index in [-0.39, 0.29) is 19.8 Å². The van der Waals surface area contributed by atoms with Crippen LogP contribution in [-0.4, -0.2) is 60.3 Å². The summed E-state index contributed by atoms with van der Waals surface area (Å²) in [6, 6.07) is 8.56. The number of likely N-dealkylation sites (N-methyl/N-ethyl adjacent to an activating group) is 1. The molecule has 0 bridgehead atoms. The average Bonchev–Trinajstić information content (AvgIpc) is 3.03. The van der Waals surface area contributed by atoms with Crippen molar-refractivity contribution in [3.05, 3.63) is 35.9 Å². The van der Waals surface area contributed by atoms with Gasteiger partial charge in [-0.3, -0.25) is 4.90 Å². The zero-order valence-corrected chi connectivity index (χ0v) is 12.6. The number of hydrogen-bond donors (Lipinski definition) is 2. The zero-order chi connectivity index (χ0) is 16.4. The van der Waals surface area contributed by atoms with E-state index in [0.29, 0.717) is 0 Å². The molecule has 1 spiro atoms. The van der Waals surface area contributed by atoms with Gasteiger partial charge < -0.3 is 24.6 Å². The molecule has 1 aromatic rings. The maximum atomic E-state index is 11.9. The van der Waals surface area contributed by atoms with Crippen LogP contribution in [0.4, 0.5) is 9.59 Å². The van der Waals surface area contributed by atoms with Crippen LogP contribution in [0.15, 0.2) is 30.3 Å². The third kappa shape index (κ3) is 2.82. The third-order valence-electron chi connectivity index (χ3n) is 4.12. The van der Waals surface area contributed by atoms with Crippen LogP contribution in [0.3, 0.4) is 0 Å². The molecule has 0 aromatic heterocycles. The van der Waals surface area contributed by atoms with Gasteiger partial charge in [0.05, 0.1) is 12.6 Å². The molecule has 1 aromatic carbocycles. The molecule has 0 aliphatic carbocycles. The van der Waals surface area contributed by atoms with E-state index in [9.17, 15) is 14.7 Å². The van der Waals surface area contributed by atoms with Gasteiger partial charge in [-0.15, -0.1) is 0 Å². The Balaban J connectivity index is 1.55. The molecular weight excluding hydrogens is 304 g/mol. The van der Waals surface area contributed by atoms with Crippen molar-refractivity contribution in [3.63, 3.8) is 0 Å². The van der Waals surface area contributed by atoms with E-state index in [2.05, 4.69) is 5.32 Å². The summed E-state index contributed by atoms with van der Waals surface area (Å²) in [5.41, 5.74) is -0.397. The second-order valence-corrected chi connectivity index (χ2v) is 5.53. The molecule has 8 nitrogen and oxygen atoms in total. The Kier molecular flexibility index (Phi) is 4.10. The quantitative estimate of drug-likeness (QED) is 0.839. The zero-order valence-electron chi connectivity index (χ0n) is 12.6. The highest BCUT2D eigenvalue weighted by Gasteiger charge is 2.59. The third-order valence-corrected chi connectivity index (χ3v) is 4.12. The number of aliphatic hydroxyl groups is 1. The summed E-state index contributed by atoms with van der Waals surface area (Å²) in [5.74, 6) is 0. The first-order chi connectivity index (χ1) is 11.0. The summed E-state index contributed by atoms with van der Waals surface area (Å²) in [7, 11) is 1.48. The fourth-order valence-electron chi connectivity index (χ4n) is 2.70. The van der Waals surface area contributed by atoms with Gasteiger partial charge in [0.1, 0.15) is 19.3 Å². The molecule has 2 amide bonds. The molecule has 0 saturated carbocycles. The predicted octanol–water partition coefficient (Wildman–Crippen LogP) is 0.451. The molecule has 2 N–H and O–H groups in total. The molecule has 2 aliphatic rings. The lowest BCUT2D eigenvalue weighted by Gasteiger charge is -2.31. The molecule has 1 unspecified atom stereocenters. The van der Waals surface area contributed by atoms with Crippen LogP contribution in [0.25, 0.3) is 0 Å². The number of benzene rings is 1. The lowest BCUT2D eigenvalue weighted by atomic mass is 10.0. The highest BCUT2D eigenvalue weighted by atomic mass is 16.6. The van der Waals surface area contributed by atoms with E-state index >= 15 is 0 Å². The fourth-order valence-corrected chi connectivity index (χ4v) is 2.70. The number of alkyl carbamates (subject to hydrolysis) is 1. The maximum absolute atomic E-state index is 11.9. The first kappa shape index (κ1) is 15.6. The maximum Gasteiger partial charge on any atom is 0.412 e. The summed E-state index contributed by atoms with van der Waals surface area (Å²) >= 11 is 0. The minimum Gasteiger partial charge on any atom is -0.445 e. The number of nitrogens with zero attached hydrogens (tertiary/aromatic N) is 1. The van der Waals surface area contributed by atoms with Crippen molar-refractivity contribution in [1.82, 2.24) is 10.2 Å². The Hall–Kier alpha value is -2.32. The van der Waals surface area contributed by atoms with Crippen LogP contribution in [-0.2, 0) is 20.8 Å². The molecule has 2 fully saturated rings. The number of nitrogens with one attached hydrogen (secondary N) is 1. The monoisotopic (exact) mass is 322 g/mol. The van der Waals surface area contributed by atoms with E-state index in [1.54, 1.807) is 0 Å². The first-order valence-electron chi connectivity index (χ1n) is 7.23. The number of rotatable bonds is 3. The Morgan fingerprint density at radius 1 is 1.48 bits per heavy atom. The van der Waals surface area contributed by atoms with Crippen molar-refractivity contribution >= 4 is 12.2 Å². The van der Waals surface area contributed by atoms with Crippen LogP contribution in [0.1, 0.15) is 5.56 Å². The van der Waals surface area contributed by atoms with Crippen LogP contribution in [0.2, 0.25) is 0 Å². The highest BCUT2D eigenvalue weighted by Crippen LogP contribution is 2.34. The van der Waals surface area contributed by atoms with Crippen LogP contribution in [0.5, 0.6) is 0 Å². The van der Waals surface area contributed by atoms with E-state index < -0.39 is 30.1 Å². The lowest BCUT2D eigenvalue weighted by molar-refractivity contribution is -0.124. The molecule has 2 heterocycles. The summed E-state index contributed by atoms with van der Waals surface area (Å²) in [6.45, 7) is 0.103. The van der Waals surface area contributed by atoms with E-state index in [1.165, 1.54) is 11.9 Å². The number of hydrogen-bond acceptors (Lipinski definition) is 6. The van der Waals surface area contributed by atoms with Crippen LogP contribution in [0, 0.1) is 0 Å². The summed E-state index contributed by atoms with van der Waals surface area (Å²) in [6.07, 6.45) is -2.34. The standard InChI is InChI=1S/C15H18N2O6/c1-17-14(20)22-9-15(17)12(18)11(8-23-15)16-13(19)21-7-10-5-3-2-4-6-10/h2-6,11-12,18H,7-9H2,1H3,(H,16,19)/t11-,12+,15?/m0/s1. The second kappa shape index (κ2) is 6.05. The van der Waals surface area contributed by atoms with Crippen molar-refractivity contribution < 1.29 is 28.9 Å². The molecule has 3 rings (SSSR count). The minimum absolute atomic E-state index is 0.0581. The Bertz CT molecular complexity index is 595. The average molecular weight is 322 g/mol. The van der Waals surface area contributed by atoms with Crippen molar-refractivity contribution in [2.24, 2.45) is 0 Å². The van der Waals surface area contributed by atoms with Gasteiger partial charge in [0.2, 0.25) is 5.72 Å². The van der Waals surface area contributed by atoms with Gasteiger partial charge in [-0.2, -0.15) is 0 Å². The Morgan fingerprint density at radius 2 is 2.22 bits per heavy atom. The molecule has 2 aliphatic heterocycles. The number of carbonyl (C=O) groups excluding carboxylic acids is 2. The van der Waals surface area contributed by atoms with Crippen LogP contribution < -0.4 is 5.32 Å². The van der Waals surface area contributed by atoms with Crippen molar-refractivity contribution in [1.29, 1.82) is 0 Å². The number of amides is 2. The molecular formula is C15H18N2O6. The number of aliphatic hydroxyl groups excluding tert-OH is 1. The normalized spacial score (nSPS) is 29.7. The van der Waals surface area contributed by atoms with Gasteiger partial charge in [0.15, 0.2) is 0 Å². The molecule has 23 heavy (non-hydrogen) atoms. The molecule has 124 valence electrons. The summed E-state index contributed by atoms with van der Waals surface area (Å²) in [5, 5.41) is 12.9. The van der Waals surface area contributed by atoms with Crippen molar-refractivity contribution in [3.8, 4) is 0 Å². The summed E-state index contributed by atoms with van der Waals surface area (Å²) in [4.78, 5) is 24.5. The smallest absolute Gasteiger partial charge is 0.412 e. The lowest BCUT2D eigenvalue weighted by Crippen LogP contribution is -2.56. The number of ether oxygens (including phenoxy) is 3. The first-order valence-corrected chi connectivity index (χ1v) is 7.23. The van der Waals surface area contributed by atoms with Gasteiger partial charge in [0, 0.05) is 7.05 Å². The van der Waals surface area contributed by atoms with Crippen molar-refractivity contribution in [2.45, 2.75) is 24.5 Å². The van der Waals surface area contributed by atoms with E-state index in [1.807, 2.05) is 30.3 Å². The Morgan fingerprint density at radius 3 is 2.87 bits per heavy atom. The predicted molar refractivity (Wildman–Crippen MR) is 77.4 cm³/mol. The van der Waals surface area contributed by atoms with Gasteiger partial charge in [-0.05, 0) is 5.56 Å². The largest absolute Gasteiger partial charge is 0.445 e. The molecule has 3 atom stereocenters. The molecule has 2 saturated heterocycles. The fraction of sp³-hybridized carbons (Fsp3) is 0.467. The topological polar surface area (TPSA) is 97.3 Å². The molecule has 0 radical (unpaired) electrons.